The quantitative estimate of drug-likeness (QED) is 0.795. The van der Waals surface area contributed by atoms with Gasteiger partial charge in [-0.15, -0.1) is 0 Å². The van der Waals surface area contributed by atoms with Crippen molar-refractivity contribution in [2.24, 2.45) is 0 Å². The van der Waals surface area contributed by atoms with Gasteiger partial charge in [0.15, 0.2) is 0 Å². The SMILES string of the molecule is CCC(CSC)NC(=O)c1ccc(N)cc1F. The molecule has 0 aliphatic carbocycles. The first-order valence-corrected chi connectivity index (χ1v) is 6.82. The van der Waals surface area contributed by atoms with Gasteiger partial charge in [0.25, 0.3) is 5.91 Å². The summed E-state index contributed by atoms with van der Waals surface area (Å²) in [7, 11) is 0. The second kappa shape index (κ2) is 6.49. The fraction of sp³-hybridized carbons (Fsp3) is 0.417. The molecule has 0 aromatic heterocycles. The highest BCUT2D eigenvalue weighted by Crippen LogP contribution is 2.12. The number of amides is 1. The number of thioether (sulfide) groups is 1. The highest BCUT2D eigenvalue weighted by atomic mass is 32.2. The molecule has 0 heterocycles. The summed E-state index contributed by atoms with van der Waals surface area (Å²) in [6.07, 6.45) is 2.79. The number of nitrogens with two attached hydrogens (primary N) is 1. The molecule has 0 fully saturated rings. The maximum Gasteiger partial charge on any atom is 0.254 e. The fourth-order valence-corrected chi connectivity index (χ4v) is 2.16. The number of anilines is 1. The molecule has 0 aliphatic rings. The lowest BCUT2D eigenvalue weighted by Crippen LogP contribution is -2.36. The summed E-state index contributed by atoms with van der Waals surface area (Å²) in [6.45, 7) is 1.99. The summed E-state index contributed by atoms with van der Waals surface area (Å²) in [4.78, 5) is 11.8. The molecular weight excluding hydrogens is 239 g/mol. The second-order valence-electron chi connectivity index (χ2n) is 3.77. The van der Waals surface area contributed by atoms with Gasteiger partial charge in [-0.2, -0.15) is 11.8 Å². The van der Waals surface area contributed by atoms with Crippen LogP contribution in [0, 0.1) is 5.82 Å². The van der Waals surface area contributed by atoms with E-state index in [9.17, 15) is 9.18 Å². The minimum atomic E-state index is -0.582. The Labute approximate surface area is 105 Å². The summed E-state index contributed by atoms with van der Waals surface area (Å²) < 4.78 is 13.5. The molecule has 0 saturated carbocycles. The van der Waals surface area contributed by atoms with Crippen molar-refractivity contribution < 1.29 is 9.18 Å². The van der Waals surface area contributed by atoms with Crippen LogP contribution in [0.4, 0.5) is 10.1 Å². The van der Waals surface area contributed by atoms with Crippen LogP contribution in [0.1, 0.15) is 23.7 Å². The first-order chi connectivity index (χ1) is 8.08. The molecule has 1 unspecified atom stereocenters. The van der Waals surface area contributed by atoms with Gasteiger partial charge in [-0.1, -0.05) is 6.92 Å². The molecular formula is C12H17FN2OS. The molecule has 1 aromatic rings. The zero-order valence-corrected chi connectivity index (χ0v) is 10.8. The number of carbonyl (C=O) groups excluding carboxylic acids is 1. The van der Waals surface area contributed by atoms with Crippen molar-refractivity contribution >= 4 is 23.4 Å². The van der Waals surface area contributed by atoms with Crippen LogP contribution >= 0.6 is 11.8 Å². The van der Waals surface area contributed by atoms with Crippen LogP contribution in [-0.2, 0) is 0 Å². The number of carbonyl (C=O) groups is 1. The molecule has 17 heavy (non-hydrogen) atoms. The monoisotopic (exact) mass is 256 g/mol. The van der Waals surface area contributed by atoms with Crippen molar-refractivity contribution in [1.29, 1.82) is 0 Å². The maximum absolute atomic E-state index is 13.5. The third kappa shape index (κ3) is 3.93. The standard InChI is InChI=1S/C12H17FN2OS/c1-3-9(7-17-2)15-12(16)10-5-4-8(14)6-11(10)13/h4-6,9H,3,7,14H2,1-2H3,(H,15,16). The molecule has 3 nitrogen and oxygen atoms in total. The normalized spacial score (nSPS) is 12.2. The van der Waals surface area contributed by atoms with Crippen LogP contribution in [-0.4, -0.2) is 24.0 Å². The summed E-state index contributed by atoms with van der Waals surface area (Å²) in [6, 6.07) is 4.15. The van der Waals surface area contributed by atoms with Crippen LogP contribution in [0.15, 0.2) is 18.2 Å². The molecule has 0 radical (unpaired) electrons. The summed E-state index contributed by atoms with van der Waals surface area (Å²) in [5, 5.41) is 2.80. The van der Waals surface area contributed by atoms with Gasteiger partial charge in [0.1, 0.15) is 5.82 Å². The summed E-state index contributed by atoms with van der Waals surface area (Å²) >= 11 is 1.65. The molecule has 1 amide bonds. The van der Waals surface area contributed by atoms with Crippen molar-refractivity contribution in [1.82, 2.24) is 5.32 Å². The zero-order chi connectivity index (χ0) is 12.8. The predicted molar refractivity (Wildman–Crippen MR) is 70.7 cm³/mol. The maximum atomic E-state index is 13.5. The molecule has 5 heteroatoms. The largest absolute Gasteiger partial charge is 0.399 e. The van der Waals surface area contributed by atoms with E-state index in [2.05, 4.69) is 5.32 Å². The Kier molecular flexibility index (Phi) is 5.28. The molecule has 1 atom stereocenters. The molecule has 0 aliphatic heterocycles. The lowest BCUT2D eigenvalue weighted by Gasteiger charge is -2.16. The van der Waals surface area contributed by atoms with Gasteiger partial charge in [-0.25, -0.2) is 4.39 Å². The Morgan fingerprint density at radius 2 is 2.29 bits per heavy atom. The lowest BCUT2D eigenvalue weighted by molar-refractivity contribution is 0.0936. The van der Waals surface area contributed by atoms with Gasteiger partial charge in [0.2, 0.25) is 0 Å². The number of benzene rings is 1. The fourth-order valence-electron chi connectivity index (χ4n) is 1.44. The molecule has 3 N–H and O–H groups in total. The predicted octanol–water partition coefficient (Wildman–Crippen LogP) is 2.28. The number of hydrogen-bond acceptors (Lipinski definition) is 3. The first-order valence-electron chi connectivity index (χ1n) is 5.43. The second-order valence-corrected chi connectivity index (χ2v) is 4.68. The lowest BCUT2D eigenvalue weighted by atomic mass is 10.1. The number of hydrogen-bond donors (Lipinski definition) is 2. The molecule has 94 valence electrons. The van der Waals surface area contributed by atoms with E-state index in [4.69, 9.17) is 5.73 Å². The van der Waals surface area contributed by atoms with Crippen molar-refractivity contribution in [3.05, 3.63) is 29.6 Å². The van der Waals surface area contributed by atoms with Crippen LogP contribution in [0.5, 0.6) is 0 Å². The van der Waals surface area contributed by atoms with E-state index >= 15 is 0 Å². The van der Waals surface area contributed by atoms with E-state index in [-0.39, 0.29) is 17.5 Å². The van der Waals surface area contributed by atoms with Crippen LogP contribution in [0.25, 0.3) is 0 Å². The number of halogens is 1. The first kappa shape index (κ1) is 13.8. The van der Waals surface area contributed by atoms with Crippen molar-refractivity contribution in [2.45, 2.75) is 19.4 Å². The minimum Gasteiger partial charge on any atom is -0.399 e. The van der Waals surface area contributed by atoms with Crippen molar-refractivity contribution in [2.75, 3.05) is 17.7 Å². The Morgan fingerprint density at radius 3 is 2.82 bits per heavy atom. The number of nitrogen functional groups attached to an aromatic ring is 1. The third-order valence-electron chi connectivity index (χ3n) is 2.43. The van der Waals surface area contributed by atoms with Gasteiger partial charge in [-0.3, -0.25) is 4.79 Å². The van der Waals surface area contributed by atoms with E-state index in [1.165, 1.54) is 12.1 Å². The minimum absolute atomic E-state index is 0.0405. The number of nitrogens with one attached hydrogen (secondary N) is 1. The van der Waals surface area contributed by atoms with Crippen molar-refractivity contribution in [3.63, 3.8) is 0 Å². The number of rotatable bonds is 5. The van der Waals surface area contributed by atoms with E-state index < -0.39 is 5.82 Å². The van der Waals surface area contributed by atoms with E-state index in [1.54, 1.807) is 11.8 Å². The average Bonchev–Trinajstić information content (AvgIpc) is 2.28. The highest BCUT2D eigenvalue weighted by Gasteiger charge is 2.15. The van der Waals surface area contributed by atoms with E-state index in [0.717, 1.165) is 18.2 Å². The van der Waals surface area contributed by atoms with Crippen LogP contribution in [0.2, 0.25) is 0 Å². The van der Waals surface area contributed by atoms with Gasteiger partial charge in [-0.05, 0) is 30.9 Å². The van der Waals surface area contributed by atoms with E-state index in [1.807, 2.05) is 13.2 Å². The molecule has 1 rings (SSSR count). The van der Waals surface area contributed by atoms with Crippen molar-refractivity contribution in [3.8, 4) is 0 Å². The third-order valence-corrected chi connectivity index (χ3v) is 3.17. The van der Waals surface area contributed by atoms with Gasteiger partial charge >= 0.3 is 0 Å². The van der Waals surface area contributed by atoms with E-state index in [0.29, 0.717) is 5.69 Å². The highest BCUT2D eigenvalue weighted by molar-refractivity contribution is 7.98. The Bertz CT molecular complexity index is 398. The summed E-state index contributed by atoms with van der Waals surface area (Å²) in [5.41, 5.74) is 5.78. The smallest absolute Gasteiger partial charge is 0.254 e. The summed E-state index contributed by atoms with van der Waals surface area (Å²) in [5.74, 6) is -0.149. The van der Waals surface area contributed by atoms with Crippen LogP contribution < -0.4 is 11.1 Å². The van der Waals surface area contributed by atoms with Gasteiger partial charge in [0, 0.05) is 17.5 Å². The molecule has 0 bridgehead atoms. The Hall–Kier alpha value is -1.23. The molecule has 1 aromatic carbocycles. The average molecular weight is 256 g/mol. The molecule has 0 saturated heterocycles. The van der Waals surface area contributed by atoms with Gasteiger partial charge in [0.05, 0.1) is 5.56 Å². The Balaban J connectivity index is 2.75. The van der Waals surface area contributed by atoms with Crippen LogP contribution in [0.3, 0.4) is 0 Å². The molecule has 0 spiro atoms. The Morgan fingerprint density at radius 1 is 1.59 bits per heavy atom. The van der Waals surface area contributed by atoms with Gasteiger partial charge < -0.3 is 11.1 Å². The zero-order valence-electron chi connectivity index (χ0n) is 10.00. The topological polar surface area (TPSA) is 55.1 Å².